The number of hydrogen-bond acceptors (Lipinski definition) is 4. The standard InChI is InChI=1S/C31H37F3N2O2S/c1-22-16-24(18-26(17-22)31(32,33)34)20-36(27-10-12-28(13-11-27)39-21-29(37)38)15-5-14-35-19-23-6-8-25(9-7-23)30(2,3)4/h6-13,16-18,35H,5,14-15,19-21H2,1-4H3,(H,37,38). The lowest BCUT2D eigenvalue weighted by molar-refractivity contribution is -0.137. The summed E-state index contributed by atoms with van der Waals surface area (Å²) in [7, 11) is 0. The Labute approximate surface area is 233 Å². The minimum absolute atomic E-state index is 0.0306. The molecule has 0 aromatic heterocycles. The van der Waals surface area contributed by atoms with Crippen LogP contribution >= 0.6 is 11.8 Å². The van der Waals surface area contributed by atoms with E-state index in [-0.39, 0.29) is 11.2 Å². The van der Waals surface area contributed by atoms with Gasteiger partial charge in [-0.1, -0.05) is 56.7 Å². The van der Waals surface area contributed by atoms with E-state index in [1.807, 2.05) is 24.3 Å². The summed E-state index contributed by atoms with van der Waals surface area (Å²) in [5.41, 5.74) is 4.01. The first-order valence-electron chi connectivity index (χ1n) is 13.0. The van der Waals surface area contributed by atoms with Crippen LogP contribution in [0.4, 0.5) is 18.9 Å². The van der Waals surface area contributed by atoms with E-state index >= 15 is 0 Å². The largest absolute Gasteiger partial charge is 0.481 e. The van der Waals surface area contributed by atoms with Crippen LogP contribution in [0.5, 0.6) is 0 Å². The highest BCUT2D eigenvalue weighted by molar-refractivity contribution is 8.00. The molecule has 0 aliphatic heterocycles. The fraction of sp³-hybridized carbons (Fsp3) is 0.387. The fourth-order valence-electron chi connectivity index (χ4n) is 4.29. The Bertz CT molecular complexity index is 1220. The molecule has 0 bridgehead atoms. The van der Waals surface area contributed by atoms with Crippen LogP contribution in [0.3, 0.4) is 0 Å². The van der Waals surface area contributed by atoms with Gasteiger partial charge in [0, 0.05) is 30.2 Å². The van der Waals surface area contributed by atoms with Gasteiger partial charge in [0.2, 0.25) is 0 Å². The number of carboxylic acid groups (broad SMARTS) is 1. The van der Waals surface area contributed by atoms with E-state index in [9.17, 15) is 18.0 Å². The molecule has 3 aromatic rings. The zero-order valence-electron chi connectivity index (χ0n) is 22.9. The molecule has 210 valence electrons. The first-order valence-corrected chi connectivity index (χ1v) is 14.0. The number of rotatable bonds is 12. The lowest BCUT2D eigenvalue weighted by Gasteiger charge is -2.26. The number of carboxylic acids is 1. The lowest BCUT2D eigenvalue weighted by Crippen LogP contribution is -2.27. The number of anilines is 1. The van der Waals surface area contributed by atoms with Gasteiger partial charge in [-0.15, -0.1) is 11.8 Å². The average Bonchev–Trinajstić information content (AvgIpc) is 2.86. The molecular weight excluding hydrogens is 521 g/mol. The fourth-order valence-corrected chi connectivity index (χ4v) is 4.90. The second-order valence-corrected chi connectivity index (χ2v) is 11.8. The molecule has 0 aliphatic carbocycles. The summed E-state index contributed by atoms with van der Waals surface area (Å²) in [6, 6.07) is 20.3. The van der Waals surface area contributed by atoms with Crippen molar-refractivity contribution in [3.05, 3.63) is 94.5 Å². The predicted octanol–water partition coefficient (Wildman–Crippen LogP) is 7.67. The van der Waals surface area contributed by atoms with E-state index in [4.69, 9.17) is 5.11 Å². The van der Waals surface area contributed by atoms with Gasteiger partial charge < -0.3 is 15.3 Å². The molecule has 39 heavy (non-hydrogen) atoms. The van der Waals surface area contributed by atoms with Gasteiger partial charge in [0.1, 0.15) is 0 Å². The molecule has 3 aromatic carbocycles. The van der Waals surface area contributed by atoms with Crippen molar-refractivity contribution in [3.63, 3.8) is 0 Å². The van der Waals surface area contributed by atoms with E-state index in [2.05, 4.69) is 55.3 Å². The summed E-state index contributed by atoms with van der Waals surface area (Å²) in [4.78, 5) is 13.8. The molecule has 2 N–H and O–H groups in total. The Kier molecular flexibility index (Phi) is 10.5. The van der Waals surface area contributed by atoms with Crippen molar-refractivity contribution < 1.29 is 23.1 Å². The van der Waals surface area contributed by atoms with Crippen molar-refractivity contribution >= 4 is 23.4 Å². The van der Waals surface area contributed by atoms with Crippen molar-refractivity contribution in [2.45, 2.75) is 63.7 Å². The van der Waals surface area contributed by atoms with E-state index in [0.29, 0.717) is 24.2 Å². The molecule has 0 atom stereocenters. The van der Waals surface area contributed by atoms with Crippen LogP contribution in [0.25, 0.3) is 0 Å². The number of aliphatic carboxylic acids is 1. The minimum atomic E-state index is -4.40. The van der Waals surface area contributed by atoms with Gasteiger partial charge in [-0.05, 0) is 78.4 Å². The van der Waals surface area contributed by atoms with E-state index in [1.54, 1.807) is 13.0 Å². The van der Waals surface area contributed by atoms with Gasteiger partial charge in [0.05, 0.1) is 11.3 Å². The third-order valence-electron chi connectivity index (χ3n) is 6.33. The molecular formula is C31H37F3N2O2S. The highest BCUT2D eigenvalue weighted by Gasteiger charge is 2.31. The van der Waals surface area contributed by atoms with E-state index in [0.717, 1.165) is 30.1 Å². The predicted molar refractivity (Wildman–Crippen MR) is 153 cm³/mol. The van der Waals surface area contributed by atoms with Crippen molar-refractivity contribution in [3.8, 4) is 0 Å². The van der Waals surface area contributed by atoms with Gasteiger partial charge in [-0.2, -0.15) is 13.2 Å². The normalized spacial score (nSPS) is 12.0. The van der Waals surface area contributed by atoms with E-state index in [1.165, 1.54) is 35.0 Å². The molecule has 0 saturated heterocycles. The molecule has 0 saturated carbocycles. The maximum atomic E-state index is 13.4. The zero-order chi connectivity index (χ0) is 28.6. The first kappa shape index (κ1) is 30.6. The number of thioether (sulfide) groups is 1. The Morgan fingerprint density at radius 2 is 1.59 bits per heavy atom. The Morgan fingerprint density at radius 1 is 0.923 bits per heavy atom. The molecule has 0 fully saturated rings. The summed E-state index contributed by atoms with van der Waals surface area (Å²) >= 11 is 1.23. The third-order valence-corrected chi connectivity index (χ3v) is 7.33. The van der Waals surface area contributed by atoms with Crippen molar-refractivity contribution in [1.82, 2.24) is 5.32 Å². The summed E-state index contributed by atoms with van der Waals surface area (Å²) in [6.45, 7) is 10.7. The van der Waals surface area contributed by atoms with Gasteiger partial charge >= 0.3 is 12.1 Å². The van der Waals surface area contributed by atoms with Crippen LogP contribution in [0.1, 0.15) is 55.0 Å². The van der Waals surface area contributed by atoms with Crippen LogP contribution in [-0.4, -0.2) is 29.9 Å². The highest BCUT2D eigenvalue weighted by Crippen LogP contribution is 2.31. The van der Waals surface area contributed by atoms with Crippen LogP contribution in [-0.2, 0) is 29.5 Å². The van der Waals surface area contributed by atoms with Crippen molar-refractivity contribution in [2.24, 2.45) is 0 Å². The van der Waals surface area contributed by atoms with Crippen molar-refractivity contribution in [1.29, 1.82) is 0 Å². The second-order valence-electron chi connectivity index (χ2n) is 10.8. The summed E-state index contributed by atoms with van der Waals surface area (Å²) in [6.07, 6.45) is -3.60. The topological polar surface area (TPSA) is 52.6 Å². The summed E-state index contributed by atoms with van der Waals surface area (Å²) in [5.74, 6) is -0.916. The summed E-state index contributed by atoms with van der Waals surface area (Å²) < 4.78 is 40.3. The van der Waals surface area contributed by atoms with Crippen LogP contribution in [0.15, 0.2) is 71.6 Å². The highest BCUT2D eigenvalue weighted by atomic mass is 32.2. The Hall–Kier alpha value is -2.97. The number of halogens is 3. The smallest absolute Gasteiger partial charge is 0.416 e. The van der Waals surface area contributed by atoms with Gasteiger partial charge in [0.15, 0.2) is 0 Å². The number of aryl methyl sites for hydroxylation is 1. The number of hydrogen-bond donors (Lipinski definition) is 2. The van der Waals surface area contributed by atoms with Gasteiger partial charge in [0.25, 0.3) is 0 Å². The van der Waals surface area contributed by atoms with Gasteiger partial charge in [-0.25, -0.2) is 0 Å². The molecule has 0 heterocycles. The number of alkyl halides is 3. The Balaban J connectivity index is 1.66. The Morgan fingerprint density at radius 3 is 2.18 bits per heavy atom. The lowest BCUT2D eigenvalue weighted by atomic mass is 9.87. The first-order chi connectivity index (χ1) is 18.3. The maximum absolute atomic E-state index is 13.4. The van der Waals surface area contributed by atoms with E-state index < -0.39 is 17.7 Å². The molecule has 8 heteroatoms. The molecule has 3 rings (SSSR count). The molecule has 0 unspecified atom stereocenters. The third kappa shape index (κ3) is 9.93. The number of nitrogens with zero attached hydrogens (tertiary/aromatic N) is 1. The number of nitrogens with one attached hydrogen (secondary N) is 1. The van der Waals surface area contributed by atoms with Crippen LogP contribution in [0.2, 0.25) is 0 Å². The number of carbonyl (C=O) groups is 1. The molecule has 0 amide bonds. The molecule has 0 radical (unpaired) electrons. The van der Waals surface area contributed by atoms with Gasteiger partial charge in [-0.3, -0.25) is 4.79 Å². The number of benzene rings is 3. The zero-order valence-corrected chi connectivity index (χ0v) is 23.8. The summed E-state index contributed by atoms with van der Waals surface area (Å²) in [5, 5.41) is 12.4. The quantitative estimate of drug-likeness (QED) is 0.176. The van der Waals surface area contributed by atoms with Crippen molar-refractivity contribution in [2.75, 3.05) is 23.7 Å². The SMILES string of the molecule is Cc1cc(CN(CCCNCc2ccc(C(C)(C)C)cc2)c2ccc(SCC(=O)O)cc2)cc(C(F)(F)F)c1. The van der Waals surface area contributed by atoms with Crippen LogP contribution < -0.4 is 10.2 Å². The molecule has 4 nitrogen and oxygen atoms in total. The average molecular weight is 559 g/mol. The monoisotopic (exact) mass is 558 g/mol. The van der Waals surface area contributed by atoms with Crippen LogP contribution in [0, 0.1) is 6.92 Å². The minimum Gasteiger partial charge on any atom is -0.481 e. The maximum Gasteiger partial charge on any atom is 0.416 e. The second kappa shape index (κ2) is 13.4. The molecule has 0 spiro atoms. The molecule has 0 aliphatic rings.